The van der Waals surface area contributed by atoms with Crippen molar-refractivity contribution in [2.45, 2.75) is 12.8 Å². The average Bonchev–Trinajstić information content (AvgIpc) is 2.54. The number of esters is 1. The van der Waals surface area contributed by atoms with Gasteiger partial charge in [0.2, 0.25) is 0 Å². The molecule has 2 aliphatic carbocycles. The van der Waals surface area contributed by atoms with E-state index in [1.807, 2.05) is 18.2 Å². The molecule has 2 nitrogen and oxygen atoms in total. The highest BCUT2D eigenvalue weighted by Gasteiger charge is 2.09. The summed E-state index contributed by atoms with van der Waals surface area (Å²) in [6.45, 7) is 0. The Balaban J connectivity index is 2.18. The highest BCUT2D eigenvalue weighted by molar-refractivity contribution is 5.73. The lowest BCUT2D eigenvalue weighted by molar-refractivity contribution is -0.140. The lowest BCUT2D eigenvalue weighted by Crippen LogP contribution is -2.01. The van der Waals surface area contributed by atoms with Crippen molar-refractivity contribution in [3.63, 3.8) is 0 Å². The van der Waals surface area contributed by atoms with Crippen molar-refractivity contribution in [2.75, 3.05) is 7.11 Å². The van der Waals surface area contributed by atoms with Gasteiger partial charge in [-0.25, -0.2) is 0 Å². The van der Waals surface area contributed by atoms with Gasteiger partial charge in [-0.2, -0.15) is 0 Å². The van der Waals surface area contributed by atoms with Crippen LogP contribution < -0.4 is 0 Å². The van der Waals surface area contributed by atoms with E-state index in [2.05, 4.69) is 29.0 Å². The average molecular weight is 214 g/mol. The van der Waals surface area contributed by atoms with Gasteiger partial charge < -0.3 is 4.74 Å². The molecule has 82 valence electrons. The van der Waals surface area contributed by atoms with Gasteiger partial charge in [0, 0.05) is 6.42 Å². The van der Waals surface area contributed by atoms with Crippen LogP contribution in [0.4, 0.5) is 0 Å². The summed E-state index contributed by atoms with van der Waals surface area (Å²) >= 11 is 0. The molecule has 0 atom stereocenters. The second-order valence-electron chi connectivity index (χ2n) is 3.71. The predicted molar refractivity (Wildman–Crippen MR) is 63.4 cm³/mol. The van der Waals surface area contributed by atoms with Gasteiger partial charge in [0.05, 0.1) is 7.11 Å². The van der Waals surface area contributed by atoms with Gasteiger partial charge in [0.15, 0.2) is 0 Å². The van der Waals surface area contributed by atoms with Crippen molar-refractivity contribution in [2.24, 2.45) is 0 Å². The number of hydrogen-bond acceptors (Lipinski definition) is 2. The van der Waals surface area contributed by atoms with Gasteiger partial charge in [-0.05, 0) is 23.1 Å². The summed E-state index contributed by atoms with van der Waals surface area (Å²) in [7, 11) is 1.42. The molecule has 0 aromatic heterocycles. The molecule has 0 bridgehead atoms. The lowest BCUT2D eigenvalue weighted by atomic mass is 10.1. The molecule has 0 aromatic carbocycles. The van der Waals surface area contributed by atoms with Crippen LogP contribution in [0.25, 0.3) is 11.1 Å². The molecular formula is C14H14O2. The lowest BCUT2D eigenvalue weighted by Gasteiger charge is -2.01. The highest BCUT2D eigenvalue weighted by Crippen LogP contribution is 2.27. The monoisotopic (exact) mass is 214 g/mol. The van der Waals surface area contributed by atoms with Gasteiger partial charge in [0.1, 0.15) is 0 Å². The molecule has 16 heavy (non-hydrogen) atoms. The number of methoxy groups -OCH3 is 1. The Hall–Kier alpha value is -1.83. The molecule has 0 unspecified atom stereocenters. The smallest absolute Gasteiger partial charge is 0.305 e. The molecule has 2 aliphatic rings. The summed E-state index contributed by atoms with van der Waals surface area (Å²) in [5, 5.41) is 0. The molecule has 2 heteroatoms. The first-order valence-corrected chi connectivity index (χ1v) is 5.34. The molecule has 0 saturated heterocycles. The quantitative estimate of drug-likeness (QED) is 0.734. The Kier molecular flexibility index (Phi) is 3.20. The fourth-order valence-corrected chi connectivity index (χ4v) is 1.84. The minimum Gasteiger partial charge on any atom is -0.469 e. The SMILES string of the molecule is COC(=O)CCc1ccc2cccccc1-2. The third-order valence-corrected chi connectivity index (χ3v) is 2.71. The number of fused-ring (bicyclic) bond motifs is 1. The van der Waals surface area contributed by atoms with Crippen LogP contribution in [0.1, 0.15) is 12.0 Å². The Bertz CT molecular complexity index is 462. The standard InChI is InChI=1S/C14H14O2/c1-16-14(15)10-9-12-8-7-11-5-3-2-4-6-13(11)12/h2-8H,9-10H2,1H3. The molecule has 0 N–H and O–H groups in total. The van der Waals surface area contributed by atoms with E-state index in [1.54, 1.807) is 0 Å². The maximum absolute atomic E-state index is 11.1. The Labute approximate surface area is 95.2 Å². The van der Waals surface area contributed by atoms with E-state index >= 15 is 0 Å². The second-order valence-corrected chi connectivity index (χ2v) is 3.71. The fraction of sp³-hybridized carbons (Fsp3) is 0.214. The molecule has 0 heterocycles. The van der Waals surface area contributed by atoms with Crippen molar-refractivity contribution < 1.29 is 9.53 Å². The largest absolute Gasteiger partial charge is 0.469 e. The number of carbonyl (C=O) groups is 1. The summed E-state index contributed by atoms with van der Waals surface area (Å²) in [5.41, 5.74) is 3.63. The normalized spacial score (nSPS) is 10.3. The summed E-state index contributed by atoms with van der Waals surface area (Å²) < 4.78 is 4.64. The first kappa shape index (κ1) is 10.7. The van der Waals surface area contributed by atoms with Crippen LogP contribution >= 0.6 is 0 Å². The Morgan fingerprint density at radius 2 is 1.94 bits per heavy atom. The molecule has 0 fully saturated rings. The summed E-state index contributed by atoms with van der Waals surface area (Å²) in [6, 6.07) is 14.4. The van der Waals surface area contributed by atoms with Crippen molar-refractivity contribution in [1.29, 1.82) is 0 Å². The zero-order valence-electron chi connectivity index (χ0n) is 9.27. The summed E-state index contributed by atoms with van der Waals surface area (Å²) in [5.74, 6) is -0.158. The third-order valence-electron chi connectivity index (χ3n) is 2.71. The Morgan fingerprint density at radius 1 is 1.12 bits per heavy atom. The predicted octanol–water partition coefficient (Wildman–Crippen LogP) is 2.90. The van der Waals surface area contributed by atoms with Crippen LogP contribution in [-0.4, -0.2) is 13.1 Å². The molecule has 0 amide bonds. The molecule has 0 radical (unpaired) electrons. The van der Waals surface area contributed by atoms with E-state index in [-0.39, 0.29) is 5.97 Å². The fourth-order valence-electron chi connectivity index (χ4n) is 1.84. The second kappa shape index (κ2) is 4.79. The zero-order chi connectivity index (χ0) is 11.4. The van der Waals surface area contributed by atoms with Gasteiger partial charge in [0.25, 0.3) is 0 Å². The van der Waals surface area contributed by atoms with E-state index in [9.17, 15) is 4.79 Å². The van der Waals surface area contributed by atoms with Crippen LogP contribution in [0.5, 0.6) is 0 Å². The molecule has 2 rings (SSSR count). The highest BCUT2D eigenvalue weighted by atomic mass is 16.5. The molecule has 0 aromatic rings. The van der Waals surface area contributed by atoms with Crippen LogP contribution in [0.2, 0.25) is 0 Å². The molecule has 0 aliphatic heterocycles. The van der Waals surface area contributed by atoms with Gasteiger partial charge in [-0.15, -0.1) is 0 Å². The number of hydrogen-bond donors (Lipinski definition) is 0. The zero-order valence-corrected chi connectivity index (χ0v) is 9.27. The van der Waals surface area contributed by atoms with Crippen LogP contribution in [0.15, 0.2) is 42.5 Å². The van der Waals surface area contributed by atoms with E-state index in [4.69, 9.17) is 0 Å². The van der Waals surface area contributed by atoms with Gasteiger partial charge >= 0.3 is 5.97 Å². The first-order valence-electron chi connectivity index (χ1n) is 5.34. The Morgan fingerprint density at radius 3 is 2.75 bits per heavy atom. The van der Waals surface area contributed by atoms with Crippen molar-refractivity contribution in [3.05, 3.63) is 48.0 Å². The van der Waals surface area contributed by atoms with Crippen LogP contribution in [-0.2, 0) is 16.0 Å². The number of carbonyl (C=O) groups excluding carboxylic acids is 1. The van der Waals surface area contributed by atoms with E-state index in [1.165, 1.54) is 23.8 Å². The van der Waals surface area contributed by atoms with Crippen molar-refractivity contribution in [3.8, 4) is 11.1 Å². The van der Waals surface area contributed by atoms with Crippen molar-refractivity contribution >= 4 is 5.97 Å². The van der Waals surface area contributed by atoms with E-state index in [0.29, 0.717) is 6.42 Å². The number of ether oxygens (including phenoxy) is 1. The van der Waals surface area contributed by atoms with Crippen LogP contribution in [0, 0.1) is 0 Å². The summed E-state index contributed by atoms with van der Waals surface area (Å²) in [4.78, 5) is 11.1. The number of rotatable bonds is 3. The molecule has 0 saturated carbocycles. The van der Waals surface area contributed by atoms with Crippen LogP contribution in [0.3, 0.4) is 0 Å². The molecule has 0 spiro atoms. The first-order chi connectivity index (χ1) is 7.81. The van der Waals surface area contributed by atoms with Gasteiger partial charge in [-0.1, -0.05) is 42.5 Å². The number of aryl methyl sites for hydroxylation is 1. The minimum atomic E-state index is -0.158. The van der Waals surface area contributed by atoms with Crippen molar-refractivity contribution in [1.82, 2.24) is 0 Å². The van der Waals surface area contributed by atoms with E-state index in [0.717, 1.165) is 6.42 Å². The topological polar surface area (TPSA) is 26.3 Å². The third kappa shape index (κ3) is 2.22. The molecular weight excluding hydrogens is 200 g/mol. The van der Waals surface area contributed by atoms with E-state index < -0.39 is 0 Å². The summed E-state index contributed by atoms with van der Waals surface area (Å²) in [6.07, 6.45) is 1.18. The minimum absolute atomic E-state index is 0.158. The van der Waals surface area contributed by atoms with Gasteiger partial charge in [-0.3, -0.25) is 4.79 Å². The maximum Gasteiger partial charge on any atom is 0.305 e. The maximum atomic E-state index is 11.1.